The highest BCUT2D eigenvalue weighted by Crippen LogP contribution is 2.43. The molecule has 0 saturated carbocycles. The van der Waals surface area contributed by atoms with Gasteiger partial charge in [0.05, 0.1) is 0 Å². The number of hydrogen-bond acceptors (Lipinski definition) is 5. The van der Waals surface area contributed by atoms with Crippen molar-refractivity contribution in [2.75, 3.05) is 0 Å². The van der Waals surface area contributed by atoms with Crippen molar-refractivity contribution >= 4 is 77.1 Å². The molecule has 58 heavy (non-hydrogen) atoms. The first-order valence-electron chi connectivity index (χ1n) is 19.6. The highest BCUT2D eigenvalue weighted by atomic mass is 16.3. The van der Waals surface area contributed by atoms with Crippen LogP contribution in [-0.2, 0) is 0 Å². The Morgan fingerprint density at radius 1 is 0.379 bits per heavy atom. The fraction of sp³-hybridized carbons (Fsp3) is 0.0189. The van der Waals surface area contributed by atoms with Gasteiger partial charge in [-0.15, -0.1) is 0 Å². The quantitative estimate of drug-likeness (QED) is 0.179. The smallest absolute Gasteiger partial charge is 0.170 e. The highest BCUT2D eigenvalue weighted by molar-refractivity contribution is 6.27. The van der Waals surface area contributed by atoms with Crippen molar-refractivity contribution in [2.24, 2.45) is 9.98 Å². The first kappa shape index (κ1) is 32.5. The topological polar surface area (TPSA) is 63.0 Å². The zero-order valence-corrected chi connectivity index (χ0v) is 31.2. The summed E-state index contributed by atoms with van der Waals surface area (Å²) in [6.45, 7) is 0. The normalized spacial score (nSPS) is 14.4. The molecule has 2 aromatic heterocycles. The molecule has 272 valence electrons. The lowest BCUT2D eigenvalue weighted by molar-refractivity contribution is 0.669. The molecule has 0 bridgehead atoms. The van der Waals surface area contributed by atoms with Crippen LogP contribution >= 0.6 is 0 Å². The molecule has 5 heteroatoms. The minimum absolute atomic E-state index is 0.575. The average molecular weight is 744 g/mol. The molecule has 0 radical (unpaired) electrons. The van der Waals surface area contributed by atoms with Crippen molar-refractivity contribution in [3.05, 3.63) is 205 Å². The molecule has 1 aliphatic rings. The van der Waals surface area contributed by atoms with Crippen LogP contribution in [0, 0.1) is 0 Å². The lowest BCUT2D eigenvalue weighted by atomic mass is 9.93. The van der Waals surface area contributed by atoms with E-state index in [-0.39, 0.29) is 0 Å². The molecule has 1 unspecified atom stereocenters. The van der Waals surface area contributed by atoms with Gasteiger partial charge in [-0.05, 0) is 62.5 Å². The summed E-state index contributed by atoms with van der Waals surface area (Å²) < 4.78 is 13.1. The molecular formula is C53H33N3O2. The van der Waals surface area contributed by atoms with E-state index in [4.69, 9.17) is 18.8 Å². The average Bonchev–Trinajstić information content (AvgIpc) is 3.88. The standard InChI is InChI=1S/C53H33N3O2/c1-2-15-32(16-3-1)35-24-12-26-42-48-39(25-13-30-47(48)58-50(35)42)38-21-8-9-22-40(38)51-54-52(43-27-14-29-46-49(43)41-23-10-11-28-45(41)57-46)56-53(55-51)44-31-33-17-4-5-18-34(33)36-19-6-7-20-37(36)44/h1-31,51H,(H,54,55,56). The molecule has 5 nitrogen and oxygen atoms in total. The van der Waals surface area contributed by atoms with Gasteiger partial charge in [0, 0.05) is 43.8 Å². The summed E-state index contributed by atoms with van der Waals surface area (Å²) in [6.07, 6.45) is -0.575. The van der Waals surface area contributed by atoms with E-state index in [2.05, 4.69) is 163 Å². The van der Waals surface area contributed by atoms with Gasteiger partial charge in [-0.2, -0.15) is 0 Å². The predicted octanol–water partition coefficient (Wildman–Crippen LogP) is 13.6. The van der Waals surface area contributed by atoms with Crippen LogP contribution in [0.1, 0.15) is 22.9 Å². The molecular weight excluding hydrogens is 711 g/mol. The molecule has 1 atom stereocenters. The van der Waals surface area contributed by atoms with Gasteiger partial charge in [-0.1, -0.05) is 164 Å². The fourth-order valence-electron chi connectivity index (χ4n) is 8.97. The summed E-state index contributed by atoms with van der Waals surface area (Å²) >= 11 is 0. The largest absolute Gasteiger partial charge is 0.456 e. The summed E-state index contributed by atoms with van der Waals surface area (Å²) in [6, 6.07) is 65.5. The van der Waals surface area contributed by atoms with E-state index < -0.39 is 6.17 Å². The molecule has 12 rings (SSSR count). The first-order valence-corrected chi connectivity index (χ1v) is 19.6. The van der Waals surface area contributed by atoms with Crippen LogP contribution in [0.15, 0.2) is 207 Å². The number of amidine groups is 2. The number of aliphatic imine (C=N–C) groups is 2. The SMILES string of the molecule is c1ccc(-c2cccc3c2oc2cccc(-c4ccccc4C4N=C(c5cc6ccccc6c6ccccc56)NC(c5cccc6oc7ccccc7c56)=N4)c23)cc1. The fourth-order valence-corrected chi connectivity index (χ4v) is 8.97. The molecule has 1 N–H and O–H groups in total. The number of rotatable bonds is 5. The molecule has 0 amide bonds. The summed E-state index contributed by atoms with van der Waals surface area (Å²) in [5.41, 5.74) is 10.6. The number of para-hydroxylation sites is 2. The lowest BCUT2D eigenvalue weighted by Gasteiger charge is -2.25. The number of nitrogens with zero attached hydrogens (tertiary/aromatic N) is 2. The van der Waals surface area contributed by atoms with Gasteiger partial charge in [0.1, 0.15) is 34.0 Å². The molecule has 9 aromatic carbocycles. The minimum atomic E-state index is -0.575. The first-order chi connectivity index (χ1) is 28.8. The van der Waals surface area contributed by atoms with Gasteiger partial charge >= 0.3 is 0 Å². The Labute approximate surface area is 333 Å². The molecule has 3 heterocycles. The summed E-state index contributed by atoms with van der Waals surface area (Å²) in [7, 11) is 0. The summed E-state index contributed by atoms with van der Waals surface area (Å²) in [5, 5.41) is 12.6. The Morgan fingerprint density at radius 3 is 1.81 bits per heavy atom. The lowest BCUT2D eigenvalue weighted by Crippen LogP contribution is -2.36. The molecule has 0 spiro atoms. The summed E-state index contributed by atoms with van der Waals surface area (Å²) in [4.78, 5) is 11.0. The number of benzene rings is 9. The van der Waals surface area contributed by atoms with E-state index in [0.717, 1.165) is 105 Å². The summed E-state index contributed by atoms with van der Waals surface area (Å²) in [5.74, 6) is 1.50. The highest BCUT2D eigenvalue weighted by Gasteiger charge is 2.27. The molecule has 0 fully saturated rings. The zero-order chi connectivity index (χ0) is 38.2. The van der Waals surface area contributed by atoms with E-state index >= 15 is 0 Å². The third-order valence-corrected chi connectivity index (χ3v) is 11.6. The zero-order valence-electron chi connectivity index (χ0n) is 31.2. The van der Waals surface area contributed by atoms with E-state index in [1.807, 2.05) is 30.3 Å². The Balaban J connectivity index is 1.10. The van der Waals surface area contributed by atoms with Crippen LogP contribution in [0.25, 0.3) is 87.7 Å². The van der Waals surface area contributed by atoms with E-state index in [1.54, 1.807) is 0 Å². The number of fused-ring (bicyclic) bond motifs is 9. The van der Waals surface area contributed by atoms with Crippen LogP contribution in [0.4, 0.5) is 0 Å². The number of hydrogen-bond donors (Lipinski definition) is 1. The Hall–Kier alpha value is -7.76. The van der Waals surface area contributed by atoms with Crippen molar-refractivity contribution in [3.63, 3.8) is 0 Å². The second kappa shape index (κ2) is 12.9. The van der Waals surface area contributed by atoms with Crippen LogP contribution < -0.4 is 5.32 Å². The van der Waals surface area contributed by atoms with Crippen molar-refractivity contribution in [2.45, 2.75) is 6.17 Å². The molecule has 11 aromatic rings. The van der Waals surface area contributed by atoms with Crippen molar-refractivity contribution < 1.29 is 8.83 Å². The van der Waals surface area contributed by atoms with E-state index in [1.165, 1.54) is 10.8 Å². The second-order valence-corrected chi connectivity index (χ2v) is 14.8. The van der Waals surface area contributed by atoms with Crippen molar-refractivity contribution in [1.29, 1.82) is 0 Å². The predicted molar refractivity (Wildman–Crippen MR) is 239 cm³/mol. The van der Waals surface area contributed by atoms with Crippen molar-refractivity contribution in [1.82, 2.24) is 5.32 Å². The van der Waals surface area contributed by atoms with Gasteiger partial charge < -0.3 is 14.2 Å². The maximum Gasteiger partial charge on any atom is 0.170 e. The van der Waals surface area contributed by atoms with Crippen molar-refractivity contribution in [3.8, 4) is 22.3 Å². The van der Waals surface area contributed by atoms with Crippen LogP contribution in [-0.4, -0.2) is 11.7 Å². The van der Waals surface area contributed by atoms with Gasteiger partial charge in [-0.3, -0.25) is 0 Å². The van der Waals surface area contributed by atoms with E-state index in [0.29, 0.717) is 0 Å². The Kier molecular flexibility index (Phi) is 7.23. The third-order valence-electron chi connectivity index (χ3n) is 11.6. The monoisotopic (exact) mass is 743 g/mol. The van der Waals surface area contributed by atoms with Gasteiger partial charge in [0.25, 0.3) is 0 Å². The van der Waals surface area contributed by atoms with Crippen LogP contribution in [0.2, 0.25) is 0 Å². The third kappa shape index (κ3) is 5.03. The van der Waals surface area contributed by atoms with Gasteiger partial charge in [0.15, 0.2) is 6.17 Å². The number of furan rings is 2. The maximum atomic E-state index is 6.71. The second-order valence-electron chi connectivity index (χ2n) is 14.8. The van der Waals surface area contributed by atoms with E-state index in [9.17, 15) is 0 Å². The Bertz CT molecular complexity index is 3500. The number of nitrogens with one attached hydrogen (secondary N) is 1. The van der Waals surface area contributed by atoms with Gasteiger partial charge in [0.2, 0.25) is 0 Å². The van der Waals surface area contributed by atoms with Gasteiger partial charge in [-0.25, -0.2) is 9.98 Å². The van der Waals surface area contributed by atoms with Crippen LogP contribution in [0.3, 0.4) is 0 Å². The Morgan fingerprint density at radius 2 is 0.948 bits per heavy atom. The molecule has 0 saturated heterocycles. The minimum Gasteiger partial charge on any atom is -0.456 e. The maximum absolute atomic E-state index is 6.71. The van der Waals surface area contributed by atoms with Crippen LogP contribution in [0.5, 0.6) is 0 Å². The molecule has 1 aliphatic heterocycles. The molecule has 0 aliphatic carbocycles.